The third kappa shape index (κ3) is 4.90. The van der Waals surface area contributed by atoms with Crippen LogP contribution in [0.15, 0.2) is 58.7 Å². The number of allylic oxidation sites excluding steroid dienone is 7. The van der Waals surface area contributed by atoms with E-state index in [0.717, 1.165) is 22.8 Å². The molecule has 2 atom stereocenters. The van der Waals surface area contributed by atoms with Crippen LogP contribution in [0.25, 0.3) is 5.76 Å². The van der Waals surface area contributed by atoms with Crippen molar-refractivity contribution in [2.24, 2.45) is 22.2 Å². The molecule has 1 aromatic carbocycles. The fourth-order valence-electron chi connectivity index (χ4n) is 5.85. The van der Waals surface area contributed by atoms with E-state index in [1.165, 1.54) is 12.1 Å². The Bertz CT molecular complexity index is 1330. The molecule has 0 saturated heterocycles. The van der Waals surface area contributed by atoms with Crippen molar-refractivity contribution in [2.45, 2.75) is 81.1 Å². The third-order valence-corrected chi connectivity index (χ3v) is 8.48. The van der Waals surface area contributed by atoms with Crippen molar-refractivity contribution < 1.29 is 29.7 Å². The van der Waals surface area contributed by atoms with E-state index in [1.54, 1.807) is 6.08 Å². The van der Waals surface area contributed by atoms with E-state index in [4.69, 9.17) is 0 Å². The number of fused-ring (bicyclic) bond motifs is 2. The predicted molar refractivity (Wildman–Crippen MR) is 153 cm³/mol. The fourth-order valence-corrected chi connectivity index (χ4v) is 5.85. The van der Waals surface area contributed by atoms with Crippen molar-refractivity contribution in [1.82, 2.24) is 0 Å². The first kappa shape index (κ1) is 30.1. The van der Waals surface area contributed by atoms with Gasteiger partial charge in [-0.1, -0.05) is 62.6 Å². The van der Waals surface area contributed by atoms with E-state index in [-0.39, 0.29) is 24.3 Å². The molecule has 210 valence electrons. The number of ketones is 3. The molecule has 2 aliphatic rings. The van der Waals surface area contributed by atoms with Gasteiger partial charge < -0.3 is 15.3 Å². The maximum atomic E-state index is 14.7. The number of aliphatic hydroxyl groups excluding tert-OH is 1. The average Bonchev–Trinajstić information content (AvgIpc) is 2.83. The van der Waals surface area contributed by atoms with Crippen LogP contribution in [0.3, 0.4) is 0 Å². The fraction of sp³-hybridized carbons (Fsp3) is 0.485. The van der Waals surface area contributed by atoms with Gasteiger partial charge in [-0.3, -0.25) is 14.4 Å². The van der Waals surface area contributed by atoms with E-state index in [9.17, 15) is 29.7 Å². The summed E-state index contributed by atoms with van der Waals surface area (Å²) in [6.45, 7) is 15.6. The zero-order chi connectivity index (χ0) is 29.5. The van der Waals surface area contributed by atoms with Crippen molar-refractivity contribution in [3.8, 4) is 11.5 Å². The molecule has 0 amide bonds. The van der Waals surface area contributed by atoms with Crippen LogP contribution < -0.4 is 0 Å². The second-order valence-corrected chi connectivity index (χ2v) is 12.5. The van der Waals surface area contributed by atoms with E-state index in [2.05, 4.69) is 0 Å². The first-order valence-electron chi connectivity index (χ1n) is 13.6. The highest BCUT2D eigenvalue weighted by Gasteiger charge is 2.71. The smallest absolute Gasteiger partial charge is 0.187 e. The number of rotatable bonds is 8. The molecular formula is C33H42O6. The Balaban J connectivity index is 2.47. The normalized spacial score (nSPS) is 25.4. The lowest BCUT2D eigenvalue weighted by molar-refractivity contribution is -0.160. The van der Waals surface area contributed by atoms with Crippen LogP contribution >= 0.6 is 0 Å². The highest BCUT2D eigenvalue weighted by Crippen LogP contribution is 2.63. The van der Waals surface area contributed by atoms with Crippen molar-refractivity contribution in [3.05, 3.63) is 64.3 Å². The van der Waals surface area contributed by atoms with Crippen LogP contribution in [0.5, 0.6) is 11.5 Å². The molecule has 0 spiro atoms. The Kier molecular flexibility index (Phi) is 8.21. The Morgan fingerprint density at radius 1 is 0.923 bits per heavy atom. The molecule has 2 bridgehead atoms. The molecule has 0 aromatic heterocycles. The molecule has 39 heavy (non-hydrogen) atoms. The zero-order valence-electron chi connectivity index (χ0n) is 24.4. The number of Topliss-reactive ketones (excluding diaryl/α,β-unsaturated/α-hetero) is 3. The lowest BCUT2D eigenvalue weighted by atomic mass is 9.42. The number of aliphatic hydroxyl groups is 1. The lowest BCUT2D eigenvalue weighted by Gasteiger charge is -2.56. The number of phenolic OH excluding ortho intramolecular Hbond substituents is 2. The second kappa shape index (κ2) is 10.6. The molecule has 1 aromatic rings. The molecule has 6 nitrogen and oxygen atoms in total. The van der Waals surface area contributed by atoms with Crippen molar-refractivity contribution >= 4 is 23.1 Å². The van der Waals surface area contributed by atoms with Crippen LogP contribution in [0.1, 0.15) is 86.6 Å². The van der Waals surface area contributed by atoms with Gasteiger partial charge >= 0.3 is 0 Å². The van der Waals surface area contributed by atoms with Gasteiger partial charge in [0.1, 0.15) is 22.2 Å². The SMILES string of the molecule is CC(C)=CCC1=C[C@@]2(CCC(C)C)C(=O)C(=C(O)c3ccc(O)c(O)c3)C(=O)[C@](CC=C(C)C)(C2=O)C1(C)C. The molecule has 3 rings (SSSR count). The summed E-state index contributed by atoms with van der Waals surface area (Å²) in [6.07, 6.45) is 7.09. The van der Waals surface area contributed by atoms with Crippen LogP contribution in [-0.4, -0.2) is 32.7 Å². The van der Waals surface area contributed by atoms with Crippen LogP contribution in [0.4, 0.5) is 0 Å². The molecule has 1 saturated carbocycles. The van der Waals surface area contributed by atoms with E-state index in [0.29, 0.717) is 12.8 Å². The largest absolute Gasteiger partial charge is 0.506 e. The van der Waals surface area contributed by atoms with E-state index in [1.807, 2.05) is 67.5 Å². The van der Waals surface area contributed by atoms with Gasteiger partial charge in [-0.15, -0.1) is 0 Å². The maximum Gasteiger partial charge on any atom is 0.187 e. The Labute approximate surface area is 231 Å². The lowest BCUT2D eigenvalue weighted by Crippen LogP contribution is -2.66. The minimum absolute atomic E-state index is 0.0114. The number of hydrogen-bond acceptors (Lipinski definition) is 6. The van der Waals surface area contributed by atoms with Gasteiger partial charge in [-0.05, 0) is 77.5 Å². The number of carbonyl (C=O) groups is 3. The molecule has 2 aliphatic carbocycles. The number of benzene rings is 1. The average molecular weight is 535 g/mol. The zero-order valence-corrected chi connectivity index (χ0v) is 24.4. The summed E-state index contributed by atoms with van der Waals surface area (Å²) in [5, 5.41) is 31.3. The van der Waals surface area contributed by atoms with Gasteiger partial charge in [-0.25, -0.2) is 0 Å². The number of carbonyl (C=O) groups excluding carboxylic acids is 3. The monoisotopic (exact) mass is 534 g/mol. The molecule has 0 radical (unpaired) electrons. The number of aromatic hydroxyl groups is 2. The van der Waals surface area contributed by atoms with Crippen LogP contribution in [0.2, 0.25) is 0 Å². The molecule has 6 heteroatoms. The molecule has 0 heterocycles. The van der Waals surface area contributed by atoms with Gasteiger partial charge in [0.2, 0.25) is 0 Å². The quantitative estimate of drug-likeness (QED) is 0.0814. The molecule has 3 N–H and O–H groups in total. The maximum absolute atomic E-state index is 14.7. The predicted octanol–water partition coefficient (Wildman–Crippen LogP) is 7.18. The summed E-state index contributed by atoms with van der Waals surface area (Å²) in [5.41, 5.74) is -1.70. The molecule has 0 aliphatic heterocycles. The number of phenols is 2. The topological polar surface area (TPSA) is 112 Å². The molecule has 1 fully saturated rings. The summed E-state index contributed by atoms with van der Waals surface area (Å²) in [6, 6.07) is 3.62. The summed E-state index contributed by atoms with van der Waals surface area (Å²) in [5.74, 6) is -3.10. The summed E-state index contributed by atoms with van der Waals surface area (Å²) < 4.78 is 0. The highest BCUT2D eigenvalue weighted by molar-refractivity contribution is 6.42. The first-order chi connectivity index (χ1) is 18.0. The Morgan fingerprint density at radius 2 is 1.54 bits per heavy atom. The first-order valence-corrected chi connectivity index (χ1v) is 13.6. The van der Waals surface area contributed by atoms with Gasteiger partial charge in [0.05, 0.1) is 0 Å². The minimum Gasteiger partial charge on any atom is -0.506 e. The van der Waals surface area contributed by atoms with E-state index >= 15 is 0 Å². The van der Waals surface area contributed by atoms with Crippen molar-refractivity contribution in [1.29, 1.82) is 0 Å². The van der Waals surface area contributed by atoms with Crippen LogP contribution in [-0.2, 0) is 14.4 Å². The Morgan fingerprint density at radius 3 is 2.08 bits per heavy atom. The molecule has 0 unspecified atom stereocenters. The van der Waals surface area contributed by atoms with Gasteiger partial charge in [0, 0.05) is 11.0 Å². The summed E-state index contributed by atoms with van der Waals surface area (Å²) in [7, 11) is 0. The highest BCUT2D eigenvalue weighted by atomic mass is 16.3. The third-order valence-electron chi connectivity index (χ3n) is 8.48. The summed E-state index contributed by atoms with van der Waals surface area (Å²) in [4.78, 5) is 43.7. The minimum atomic E-state index is -1.61. The van der Waals surface area contributed by atoms with Gasteiger partial charge in [0.25, 0.3) is 0 Å². The van der Waals surface area contributed by atoms with Crippen molar-refractivity contribution in [3.63, 3.8) is 0 Å². The standard InChI is InChI=1S/C33H42O6/c1-19(2)9-11-23-18-32(15-13-20(3)4)28(37)26(27(36)22-10-12-24(34)25(35)17-22)29(38)33(30(32)39,31(23,7)8)16-14-21(5)6/h9-10,12,14,17-18,20,34-36H,11,13,15-16H2,1-8H3/t32-,33+/m0/s1. The van der Waals surface area contributed by atoms with Crippen LogP contribution in [0, 0.1) is 22.2 Å². The van der Waals surface area contributed by atoms with Crippen molar-refractivity contribution in [2.75, 3.05) is 0 Å². The second-order valence-electron chi connectivity index (χ2n) is 12.5. The summed E-state index contributed by atoms with van der Waals surface area (Å²) >= 11 is 0. The Hall–Kier alpha value is -3.41. The number of hydrogen-bond donors (Lipinski definition) is 3. The van der Waals surface area contributed by atoms with Gasteiger partial charge in [0.15, 0.2) is 28.8 Å². The van der Waals surface area contributed by atoms with E-state index < -0.39 is 56.4 Å². The van der Waals surface area contributed by atoms with Gasteiger partial charge in [-0.2, -0.15) is 0 Å². The molecular weight excluding hydrogens is 492 g/mol.